The summed E-state index contributed by atoms with van der Waals surface area (Å²) in [4.78, 5) is 25.0. The molecule has 0 radical (unpaired) electrons. The summed E-state index contributed by atoms with van der Waals surface area (Å²) in [6, 6.07) is 14.8. The van der Waals surface area contributed by atoms with E-state index in [-0.39, 0.29) is 11.8 Å². The Hall–Kier alpha value is -2.71. The van der Waals surface area contributed by atoms with Crippen LogP contribution in [0.5, 0.6) is 5.75 Å². The number of hydrogen-bond donors (Lipinski definition) is 3. The smallest absolute Gasteiger partial charge is 0.405 e. The van der Waals surface area contributed by atoms with Gasteiger partial charge in [0.25, 0.3) is 0 Å². The molecule has 0 bridgehead atoms. The Balaban J connectivity index is 1.64. The lowest BCUT2D eigenvalue weighted by Gasteiger charge is -2.26. The zero-order valence-electron chi connectivity index (χ0n) is 17.5. The van der Waals surface area contributed by atoms with Crippen molar-refractivity contribution in [1.82, 2.24) is 5.32 Å². The van der Waals surface area contributed by atoms with Gasteiger partial charge in [0, 0.05) is 35.6 Å². The zero-order valence-corrected chi connectivity index (χ0v) is 18.3. The van der Waals surface area contributed by atoms with E-state index in [1.54, 1.807) is 31.0 Å². The van der Waals surface area contributed by atoms with Gasteiger partial charge in [-0.25, -0.2) is 4.79 Å². The van der Waals surface area contributed by atoms with E-state index in [4.69, 9.17) is 14.6 Å². The van der Waals surface area contributed by atoms with Crippen LogP contribution in [0.25, 0.3) is 0 Å². The Kier molecular flexibility index (Phi) is 8.61. The molecule has 31 heavy (non-hydrogen) atoms. The number of thioether (sulfide) groups is 1. The van der Waals surface area contributed by atoms with E-state index in [0.29, 0.717) is 31.1 Å². The van der Waals surface area contributed by atoms with Crippen LogP contribution in [0.1, 0.15) is 24.8 Å². The fraction of sp³-hybridized carbons (Fsp3) is 0.391. The Morgan fingerprint density at radius 2 is 1.94 bits per heavy atom. The molecule has 7 nitrogen and oxygen atoms in total. The predicted octanol–water partition coefficient (Wildman–Crippen LogP) is 4.38. The summed E-state index contributed by atoms with van der Waals surface area (Å²) in [5, 5.41) is 14.3. The Morgan fingerprint density at radius 3 is 2.61 bits per heavy atom. The monoisotopic (exact) mass is 444 g/mol. The topological polar surface area (TPSA) is 96.9 Å². The fourth-order valence-corrected chi connectivity index (χ4v) is 4.49. The van der Waals surface area contributed by atoms with Gasteiger partial charge in [-0.1, -0.05) is 30.3 Å². The molecule has 0 saturated carbocycles. The molecule has 1 atom stereocenters. The summed E-state index contributed by atoms with van der Waals surface area (Å²) >= 11 is 1.65. The van der Waals surface area contributed by atoms with Crippen molar-refractivity contribution in [1.29, 1.82) is 0 Å². The minimum atomic E-state index is -1.21. The van der Waals surface area contributed by atoms with E-state index in [0.717, 1.165) is 23.5 Å². The first-order valence-electron chi connectivity index (χ1n) is 10.3. The van der Waals surface area contributed by atoms with Crippen molar-refractivity contribution in [3.63, 3.8) is 0 Å². The van der Waals surface area contributed by atoms with Crippen LogP contribution in [0.15, 0.2) is 53.4 Å². The van der Waals surface area contributed by atoms with E-state index in [9.17, 15) is 9.59 Å². The molecule has 0 spiro atoms. The number of ether oxygens (including phenoxy) is 2. The van der Waals surface area contributed by atoms with Gasteiger partial charge in [0.1, 0.15) is 11.8 Å². The maximum absolute atomic E-state index is 12.8. The maximum Gasteiger partial charge on any atom is 0.405 e. The summed E-state index contributed by atoms with van der Waals surface area (Å²) in [6.07, 6.45) is 0.889. The highest BCUT2D eigenvalue weighted by atomic mass is 32.2. The molecule has 0 aromatic heterocycles. The fourth-order valence-electron chi connectivity index (χ4n) is 3.53. The third kappa shape index (κ3) is 7.18. The molecule has 2 aromatic rings. The van der Waals surface area contributed by atoms with Crippen molar-refractivity contribution >= 4 is 29.4 Å². The van der Waals surface area contributed by atoms with Crippen molar-refractivity contribution in [3.8, 4) is 5.75 Å². The Bertz CT molecular complexity index is 872. The average molecular weight is 445 g/mol. The number of hydrogen-bond acceptors (Lipinski definition) is 5. The van der Waals surface area contributed by atoms with Crippen LogP contribution in [0.3, 0.4) is 0 Å². The summed E-state index contributed by atoms with van der Waals surface area (Å²) in [5.41, 5.74) is 1.78. The van der Waals surface area contributed by atoms with Gasteiger partial charge in [-0.2, -0.15) is 0 Å². The molecule has 1 aliphatic rings. The van der Waals surface area contributed by atoms with Gasteiger partial charge in [-0.05, 0) is 42.9 Å². The summed E-state index contributed by atoms with van der Waals surface area (Å²) in [7, 11) is 1.59. The standard InChI is InChI=1S/C23H28N2O5S/c1-29-20-14-18(7-8-21(20)31-15-17-5-3-2-4-6-17)24-22(26)19(25-23(27)28)13-16-9-11-30-12-10-16/h2-8,14,16,19,25H,9-13,15H2,1H3,(H,24,26)(H,27,28)/t19-/m0/s1. The highest BCUT2D eigenvalue weighted by Gasteiger charge is 2.26. The first kappa shape index (κ1) is 23.0. The summed E-state index contributed by atoms with van der Waals surface area (Å²) < 4.78 is 10.9. The summed E-state index contributed by atoms with van der Waals surface area (Å²) in [6.45, 7) is 1.29. The molecule has 0 aliphatic carbocycles. The minimum absolute atomic E-state index is 0.252. The van der Waals surface area contributed by atoms with Gasteiger partial charge in [-0.3, -0.25) is 4.79 Å². The van der Waals surface area contributed by atoms with E-state index < -0.39 is 12.1 Å². The highest BCUT2D eigenvalue weighted by Crippen LogP contribution is 2.34. The number of nitrogens with one attached hydrogen (secondary N) is 2. The first-order valence-corrected chi connectivity index (χ1v) is 11.3. The van der Waals surface area contributed by atoms with Gasteiger partial charge in [0.05, 0.1) is 7.11 Å². The Morgan fingerprint density at radius 1 is 1.19 bits per heavy atom. The van der Waals surface area contributed by atoms with Crippen molar-refractivity contribution in [2.24, 2.45) is 5.92 Å². The van der Waals surface area contributed by atoms with Crippen LogP contribution in [0.4, 0.5) is 10.5 Å². The SMILES string of the molecule is COc1cc(NC(=O)[C@H](CC2CCOCC2)NC(=O)O)ccc1SCc1ccccc1. The third-order valence-corrected chi connectivity index (χ3v) is 6.32. The van der Waals surface area contributed by atoms with Gasteiger partial charge >= 0.3 is 6.09 Å². The number of rotatable bonds is 9. The predicted molar refractivity (Wildman–Crippen MR) is 121 cm³/mol. The van der Waals surface area contributed by atoms with Gasteiger partial charge < -0.3 is 25.2 Å². The van der Waals surface area contributed by atoms with Crippen LogP contribution in [-0.2, 0) is 15.3 Å². The molecule has 1 saturated heterocycles. The highest BCUT2D eigenvalue weighted by molar-refractivity contribution is 7.98. The summed E-state index contributed by atoms with van der Waals surface area (Å²) in [5.74, 6) is 1.34. The zero-order chi connectivity index (χ0) is 22.1. The van der Waals surface area contributed by atoms with Crippen molar-refractivity contribution in [3.05, 3.63) is 54.1 Å². The van der Waals surface area contributed by atoms with Crippen LogP contribution < -0.4 is 15.4 Å². The van der Waals surface area contributed by atoms with Crippen molar-refractivity contribution < 1.29 is 24.2 Å². The molecule has 2 aromatic carbocycles. The number of anilines is 1. The number of methoxy groups -OCH3 is 1. The molecule has 166 valence electrons. The van der Waals surface area contributed by atoms with Crippen LogP contribution in [0, 0.1) is 5.92 Å². The van der Waals surface area contributed by atoms with Gasteiger partial charge in [0.2, 0.25) is 5.91 Å². The molecule has 8 heteroatoms. The molecule has 1 heterocycles. The number of carbonyl (C=O) groups is 2. The Labute approximate surface area is 186 Å². The normalized spacial score (nSPS) is 15.1. The molecule has 3 N–H and O–H groups in total. The largest absolute Gasteiger partial charge is 0.496 e. The molecule has 1 fully saturated rings. The van der Waals surface area contributed by atoms with E-state index in [1.165, 1.54) is 5.56 Å². The number of carboxylic acid groups (broad SMARTS) is 1. The van der Waals surface area contributed by atoms with Gasteiger partial charge in [-0.15, -0.1) is 11.8 Å². The number of amides is 2. The molecule has 1 aliphatic heterocycles. The second-order valence-electron chi connectivity index (χ2n) is 7.42. The number of benzene rings is 2. The maximum atomic E-state index is 12.8. The van der Waals surface area contributed by atoms with Crippen LogP contribution in [-0.4, -0.2) is 43.5 Å². The van der Waals surface area contributed by atoms with E-state index in [1.807, 2.05) is 24.3 Å². The second-order valence-corrected chi connectivity index (χ2v) is 8.44. The molecule has 0 unspecified atom stereocenters. The molecular weight excluding hydrogens is 416 g/mol. The van der Waals surface area contributed by atoms with Crippen LogP contribution in [0.2, 0.25) is 0 Å². The van der Waals surface area contributed by atoms with E-state index >= 15 is 0 Å². The molecule has 2 amide bonds. The average Bonchev–Trinajstić information content (AvgIpc) is 2.78. The molecular formula is C23H28N2O5S. The lowest BCUT2D eigenvalue weighted by molar-refractivity contribution is -0.118. The quantitative estimate of drug-likeness (QED) is 0.497. The molecule has 3 rings (SSSR count). The van der Waals surface area contributed by atoms with Crippen molar-refractivity contribution in [2.75, 3.05) is 25.6 Å². The lowest BCUT2D eigenvalue weighted by atomic mass is 9.92. The van der Waals surface area contributed by atoms with E-state index in [2.05, 4.69) is 22.8 Å². The third-order valence-electron chi connectivity index (χ3n) is 5.19. The second kappa shape index (κ2) is 11.6. The minimum Gasteiger partial charge on any atom is -0.496 e. The van der Waals surface area contributed by atoms with Crippen LogP contribution >= 0.6 is 11.8 Å². The lowest BCUT2D eigenvalue weighted by Crippen LogP contribution is -2.44. The number of carbonyl (C=O) groups excluding carboxylic acids is 1. The van der Waals surface area contributed by atoms with Crippen molar-refractivity contribution in [2.45, 2.75) is 36.0 Å². The van der Waals surface area contributed by atoms with Gasteiger partial charge in [0.15, 0.2) is 0 Å². The first-order chi connectivity index (χ1) is 15.0.